The van der Waals surface area contributed by atoms with Crippen LogP contribution in [0.3, 0.4) is 0 Å². The zero-order valence-corrected chi connectivity index (χ0v) is 18.3. The Labute approximate surface area is 184 Å². The van der Waals surface area contributed by atoms with E-state index in [4.69, 9.17) is 4.74 Å². The summed E-state index contributed by atoms with van der Waals surface area (Å²) in [7, 11) is 0. The van der Waals surface area contributed by atoms with E-state index < -0.39 is 11.9 Å². The molecule has 2 aromatic heterocycles. The van der Waals surface area contributed by atoms with Crippen molar-refractivity contribution in [2.24, 2.45) is 0 Å². The number of hydrogen-bond acceptors (Lipinski definition) is 5. The molecule has 31 heavy (non-hydrogen) atoms. The molecule has 1 aliphatic rings. The van der Waals surface area contributed by atoms with Crippen LogP contribution in [0.25, 0.3) is 17.0 Å². The van der Waals surface area contributed by atoms with Crippen LogP contribution in [0.1, 0.15) is 51.8 Å². The van der Waals surface area contributed by atoms with Gasteiger partial charge in [0.1, 0.15) is 16.6 Å². The highest BCUT2D eigenvalue weighted by molar-refractivity contribution is 7.17. The number of nitrogens with zero attached hydrogens (tertiary/aromatic N) is 1. The van der Waals surface area contributed by atoms with Gasteiger partial charge in [-0.05, 0) is 57.2 Å². The molecule has 0 bridgehead atoms. The van der Waals surface area contributed by atoms with E-state index in [2.05, 4.69) is 10.3 Å². The molecule has 158 valence electrons. The summed E-state index contributed by atoms with van der Waals surface area (Å²) in [4.78, 5) is 30.0. The summed E-state index contributed by atoms with van der Waals surface area (Å²) in [6, 6.07) is 9.76. The zero-order chi connectivity index (χ0) is 22.0. The molecule has 7 heteroatoms. The van der Waals surface area contributed by atoms with Gasteiger partial charge in [0.2, 0.25) is 0 Å². The minimum absolute atomic E-state index is 0.0194. The van der Waals surface area contributed by atoms with Gasteiger partial charge in [-0.25, -0.2) is 4.79 Å². The fraction of sp³-hybridized carbons (Fsp3) is 0.292. The van der Waals surface area contributed by atoms with Gasteiger partial charge in [0.05, 0.1) is 12.2 Å². The number of benzene rings is 1. The summed E-state index contributed by atoms with van der Waals surface area (Å²) in [6.07, 6.45) is 5.35. The maximum Gasteiger partial charge on any atom is 0.341 e. The Bertz CT molecular complexity index is 1240. The van der Waals surface area contributed by atoms with Crippen molar-refractivity contribution in [2.75, 3.05) is 11.9 Å². The van der Waals surface area contributed by atoms with E-state index in [0.29, 0.717) is 10.6 Å². The number of carbonyl (C=O) groups excluding carboxylic acids is 2. The molecule has 0 unspecified atom stereocenters. The first-order valence-electron chi connectivity index (χ1n) is 10.4. The van der Waals surface area contributed by atoms with Gasteiger partial charge in [-0.1, -0.05) is 18.2 Å². The third-order valence-electron chi connectivity index (χ3n) is 5.48. The molecule has 0 fully saturated rings. The Kier molecular flexibility index (Phi) is 5.92. The largest absolute Gasteiger partial charge is 0.462 e. The highest BCUT2D eigenvalue weighted by Gasteiger charge is 2.28. The Morgan fingerprint density at radius 1 is 1.29 bits per heavy atom. The SMILES string of the molecule is CCOC(=O)c1c(NC(=O)/C(C#N)=C/c2c(C)[nH]c3ccccc23)sc2c1CCCC2. The van der Waals surface area contributed by atoms with Crippen LogP contribution in [0.5, 0.6) is 0 Å². The van der Waals surface area contributed by atoms with Crippen LogP contribution in [-0.2, 0) is 22.4 Å². The number of esters is 1. The van der Waals surface area contributed by atoms with Gasteiger partial charge in [-0.15, -0.1) is 11.3 Å². The molecule has 1 aliphatic carbocycles. The number of fused-ring (bicyclic) bond motifs is 2. The zero-order valence-electron chi connectivity index (χ0n) is 17.5. The molecule has 0 radical (unpaired) electrons. The van der Waals surface area contributed by atoms with Gasteiger partial charge in [0.25, 0.3) is 5.91 Å². The first-order chi connectivity index (χ1) is 15.0. The van der Waals surface area contributed by atoms with Crippen molar-refractivity contribution in [1.82, 2.24) is 4.98 Å². The molecule has 0 saturated heterocycles. The molecule has 3 aromatic rings. The van der Waals surface area contributed by atoms with Gasteiger partial charge in [-0.2, -0.15) is 5.26 Å². The Morgan fingerprint density at radius 2 is 2.06 bits per heavy atom. The summed E-state index contributed by atoms with van der Waals surface area (Å²) in [5.74, 6) is -0.955. The van der Waals surface area contributed by atoms with E-state index in [1.54, 1.807) is 13.0 Å². The van der Waals surface area contributed by atoms with Crippen molar-refractivity contribution in [1.29, 1.82) is 5.26 Å². The van der Waals surface area contributed by atoms with Crippen molar-refractivity contribution in [3.8, 4) is 6.07 Å². The second-order valence-electron chi connectivity index (χ2n) is 7.47. The lowest BCUT2D eigenvalue weighted by Gasteiger charge is -2.12. The Morgan fingerprint density at radius 3 is 2.84 bits per heavy atom. The quantitative estimate of drug-likeness (QED) is 0.331. The number of para-hydroxylation sites is 1. The molecule has 0 spiro atoms. The van der Waals surface area contributed by atoms with Crippen LogP contribution >= 0.6 is 11.3 Å². The molecule has 0 saturated carbocycles. The van der Waals surface area contributed by atoms with Crippen LogP contribution < -0.4 is 5.32 Å². The van der Waals surface area contributed by atoms with Gasteiger partial charge in [0, 0.05) is 27.0 Å². The topological polar surface area (TPSA) is 95.0 Å². The fourth-order valence-electron chi connectivity index (χ4n) is 4.02. The lowest BCUT2D eigenvalue weighted by Crippen LogP contribution is -2.16. The monoisotopic (exact) mass is 433 g/mol. The van der Waals surface area contributed by atoms with Crippen molar-refractivity contribution in [3.63, 3.8) is 0 Å². The average molecular weight is 434 g/mol. The fourth-order valence-corrected chi connectivity index (χ4v) is 5.29. The molecule has 6 nitrogen and oxygen atoms in total. The molecule has 2 N–H and O–H groups in total. The van der Waals surface area contributed by atoms with E-state index in [1.807, 2.05) is 37.3 Å². The Balaban J connectivity index is 1.69. The highest BCUT2D eigenvalue weighted by atomic mass is 32.1. The lowest BCUT2D eigenvalue weighted by atomic mass is 9.95. The van der Waals surface area contributed by atoms with E-state index in [9.17, 15) is 14.9 Å². The van der Waals surface area contributed by atoms with Gasteiger partial charge in [-0.3, -0.25) is 4.79 Å². The number of aromatic amines is 1. The van der Waals surface area contributed by atoms with E-state index >= 15 is 0 Å². The van der Waals surface area contributed by atoms with Gasteiger partial charge >= 0.3 is 5.97 Å². The summed E-state index contributed by atoms with van der Waals surface area (Å²) in [6.45, 7) is 3.93. The molecule has 1 aromatic carbocycles. The van der Waals surface area contributed by atoms with Crippen molar-refractivity contribution in [2.45, 2.75) is 39.5 Å². The third kappa shape index (κ3) is 3.99. The molecule has 0 atom stereocenters. The molecular formula is C24H23N3O3S. The van der Waals surface area contributed by atoms with Gasteiger partial charge in [0.15, 0.2) is 0 Å². The predicted molar refractivity (Wildman–Crippen MR) is 122 cm³/mol. The number of H-pyrrole nitrogens is 1. The maximum absolute atomic E-state index is 13.0. The third-order valence-corrected chi connectivity index (χ3v) is 6.68. The van der Waals surface area contributed by atoms with Crippen molar-refractivity contribution >= 4 is 45.2 Å². The number of aryl methyl sites for hydroxylation is 2. The van der Waals surface area contributed by atoms with Crippen LogP contribution in [0.2, 0.25) is 0 Å². The average Bonchev–Trinajstić information content (AvgIpc) is 3.28. The van der Waals surface area contributed by atoms with Crippen LogP contribution in [0.15, 0.2) is 29.8 Å². The smallest absolute Gasteiger partial charge is 0.341 e. The number of nitriles is 1. The van der Waals surface area contributed by atoms with E-state index in [1.165, 1.54) is 11.3 Å². The van der Waals surface area contributed by atoms with E-state index in [0.717, 1.165) is 58.3 Å². The summed E-state index contributed by atoms with van der Waals surface area (Å²) >= 11 is 1.41. The first-order valence-corrected chi connectivity index (χ1v) is 11.2. The number of ether oxygens (including phenoxy) is 1. The number of thiophene rings is 1. The number of anilines is 1. The summed E-state index contributed by atoms with van der Waals surface area (Å²) < 4.78 is 5.24. The van der Waals surface area contributed by atoms with Crippen molar-refractivity contribution in [3.05, 3.63) is 57.1 Å². The molecule has 1 amide bonds. The predicted octanol–water partition coefficient (Wildman–Crippen LogP) is 5.14. The second-order valence-corrected chi connectivity index (χ2v) is 8.57. The first kappa shape index (κ1) is 20.9. The van der Waals surface area contributed by atoms with Crippen LogP contribution in [0, 0.1) is 18.3 Å². The summed E-state index contributed by atoms with van der Waals surface area (Å²) in [5.41, 5.74) is 4.02. The minimum atomic E-state index is -0.531. The minimum Gasteiger partial charge on any atom is -0.462 e. The number of carbonyl (C=O) groups is 2. The maximum atomic E-state index is 13.0. The van der Waals surface area contributed by atoms with Crippen LogP contribution in [-0.4, -0.2) is 23.5 Å². The molecule has 4 rings (SSSR count). The number of aromatic nitrogens is 1. The highest BCUT2D eigenvalue weighted by Crippen LogP contribution is 2.39. The normalized spacial score (nSPS) is 13.5. The van der Waals surface area contributed by atoms with Gasteiger partial charge < -0.3 is 15.0 Å². The standard InChI is InChI=1S/C24H23N3O3S/c1-3-30-24(29)21-17-9-5-7-11-20(17)31-23(21)27-22(28)15(13-25)12-18-14(2)26-19-10-6-4-8-16(18)19/h4,6,8,10,12,26H,3,5,7,9,11H2,1-2H3,(H,27,28)/b15-12+. The number of amides is 1. The lowest BCUT2D eigenvalue weighted by molar-refractivity contribution is -0.112. The molecule has 2 heterocycles. The molecule has 0 aliphatic heterocycles. The molecular weight excluding hydrogens is 410 g/mol. The van der Waals surface area contributed by atoms with Crippen LogP contribution in [0.4, 0.5) is 5.00 Å². The number of nitrogens with one attached hydrogen (secondary N) is 2. The second kappa shape index (κ2) is 8.78. The van der Waals surface area contributed by atoms with E-state index in [-0.39, 0.29) is 12.2 Å². The Hall–Kier alpha value is -3.37. The summed E-state index contributed by atoms with van der Waals surface area (Å²) in [5, 5.41) is 13.9. The number of hydrogen-bond donors (Lipinski definition) is 2. The van der Waals surface area contributed by atoms with Crippen molar-refractivity contribution < 1.29 is 14.3 Å². The number of rotatable bonds is 5.